The molecule has 0 saturated heterocycles. The summed E-state index contributed by atoms with van der Waals surface area (Å²) in [7, 11) is 1.70. The average molecular weight is 139 g/mol. The zero-order chi connectivity index (χ0) is 7.82. The van der Waals surface area contributed by atoms with Crippen molar-refractivity contribution in [2.45, 2.75) is 6.92 Å². The van der Waals surface area contributed by atoms with Crippen molar-refractivity contribution in [1.29, 1.82) is 0 Å². The number of hydrazone groups is 1. The van der Waals surface area contributed by atoms with E-state index in [1.54, 1.807) is 30.7 Å². The third kappa shape index (κ3) is 3.83. The van der Waals surface area contributed by atoms with Gasteiger partial charge in [0.15, 0.2) is 0 Å². The molecular formula is C7H13N3. The van der Waals surface area contributed by atoms with Gasteiger partial charge in [-0.25, -0.2) is 0 Å². The van der Waals surface area contributed by atoms with Crippen molar-refractivity contribution in [3.8, 4) is 0 Å². The van der Waals surface area contributed by atoms with Gasteiger partial charge in [-0.15, -0.1) is 0 Å². The minimum atomic E-state index is 0.831. The van der Waals surface area contributed by atoms with E-state index in [1.165, 1.54) is 0 Å². The lowest BCUT2D eigenvalue weighted by Crippen LogP contribution is -2.07. The molecule has 0 rings (SSSR count). The SMILES string of the molecule is C=CN(CC)/N=C/C=N/C. The lowest BCUT2D eigenvalue weighted by Gasteiger charge is -2.07. The summed E-state index contributed by atoms with van der Waals surface area (Å²) < 4.78 is 0. The molecule has 0 radical (unpaired) electrons. The molecule has 0 N–H and O–H groups in total. The molecule has 3 heteroatoms. The van der Waals surface area contributed by atoms with Crippen LogP contribution in [-0.4, -0.2) is 31.0 Å². The predicted octanol–water partition coefficient (Wildman–Crippen LogP) is 1.14. The summed E-state index contributed by atoms with van der Waals surface area (Å²) in [4.78, 5) is 3.74. The van der Waals surface area contributed by atoms with E-state index in [4.69, 9.17) is 0 Å². The zero-order valence-electron chi connectivity index (χ0n) is 6.49. The quantitative estimate of drug-likeness (QED) is 0.424. The fourth-order valence-electron chi connectivity index (χ4n) is 0.440. The molecule has 0 fully saturated rings. The topological polar surface area (TPSA) is 28.0 Å². The third-order valence-corrected chi connectivity index (χ3v) is 0.965. The van der Waals surface area contributed by atoms with Crippen LogP contribution in [0.2, 0.25) is 0 Å². The second kappa shape index (κ2) is 6.01. The monoisotopic (exact) mass is 139 g/mol. The van der Waals surface area contributed by atoms with Crippen molar-refractivity contribution in [3.63, 3.8) is 0 Å². The molecule has 0 heterocycles. The molecule has 56 valence electrons. The van der Waals surface area contributed by atoms with Gasteiger partial charge in [-0.2, -0.15) is 5.10 Å². The standard InChI is InChI=1S/C7H13N3/c1-4-10(5-2)9-7-6-8-3/h4,6-7H,1,5H2,2-3H3/b8-6+,9-7+. The van der Waals surface area contributed by atoms with E-state index in [0.29, 0.717) is 0 Å². The predicted molar refractivity (Wildman–Crippen MR) is 45.5 cm³/mol. The first kappa shape index (κ1) is 8.88. The molecule has 0 spiro atoms. The van der Waals surface area contributed by atoms with E-state index >= 15 is 0 Å². The summed E-state index contributed by atoms with van der Waals surface area (Å²) in [5, 5.41) is 5.72. The van der Waals surface area contributed by atoms with E-state index in [1.807, 2.05) is 6.92 Å². The van der Waals surface area contributed by atoms with Gasteiger partial charge < -0.3 is 0 Å². The molecule has 0 aliphatic carbocycles. The molecule has 3 nitrogen and oxygen atoms in total. The smallest absolute Gasteiger partial charge is 0.0652 e. The number of hydrogen-bond donors (Lipinski definition) is 0. The summed E-state index contributed by atoms with van der Waals surface area (Å²) in [6.07, 6.45) is 4.93. The maximum Gasteiger partial charge on any atom is 0.0652 e. The Balaban J connectivity index is 3.71. The molecular weight excluding hydrogens is 126 g/mol. The fourth-order valence-corrected chi connectivity index (χ4v) is 0.440. The minimum Gasteiger partial charge on any atom is -0.295 e. The average Bonchev–Trinajstić information content (AvgIpc) is 1.99. The molecule has 0 amide bonds. The molecule has 0 atom stereocenters. The maximum atomic E-state index is 3.99. The van der Waals surface area contributed by atoms with Crippen LogP contribution in [0.15, 0.2) is 22.9 Å². The highest BCUT2D eigenvalue weighted by atomic mass is 15.4. The van der Waals surface area contributed by atoms with Gasteiger partial charge in [0.1, 0.15) is 0 Å². The Kier molecular flexibility index (Phi) is 5.33. The summed E-state index contributed by atoms with van der Waals surface area (Å²) in [5.41, 5.74) is 0. The van der Waals surface area contributed by atoms with Gasteiger partial charge in [0.2, 0.25) is 0 Å². The van der Waals surface area contributed by atoms with Gasteiger partial charge in [0.25, 0.3) is 0 Å². The molecule has 10 heavy (non-hydrogen) atoms. The number of rotatable bonds is 4. The number of aliphatic imine (C=N–C) groups is 1. The Morgan fingerprint density at radius 1 is 1.50 bits per heavy atom. The van der Waals surface area contributed by atoms with Gasteiger partial charge in [0.05, 0.1) is 6.21 Å². The molecule has 0 unspecified atom stereocenters. The van der Waals surface area contributed by atoms with Crippen LogP contribution in [0.5, 0.6) is 0 Å². The van der Waals surface area contributed by atoms with Crippen LogP contribution < -0.4 is 0 Å². The highest BCUT2D eigenvalue weighted by molar-refractivity contribution is 6.15. The first-order chi connectivity index (χ1) is 4.85. The molecule has 0 bridgehead atoms. The van der Waals surface area contributed by atoms with Crippen LogP contribution >= 0.6 is 0 Å². The lowest BCUT2D eigenvalue weighted by molar-refractivity contribution is 0.426. The molecule has 0 aliphatic rings. The Hall–Kier alpha value is -1.12. The van der Waals surface area contributed by atoms with Crippen molar-refractivity contribution >= 4 is 12.4 Å². The van der Waals surface area contributed by atoms with Crippen LogP contribution in [0, 0.1) is 0 Å². The molecule has 0 aromatic rings. The second-order valence-corrected chi connectivity index (χ2v) is 1.61. The Bertz CT molecular complexity index is 138. The molecule has 0 aromatic heterocycles. The highest BCUT2D eigenvalue weighted by Crippen LogP contribution is 1.84. The van der Waals surface area contributed by atoms with Crippen molar-refractivity contribution in [2.24, 2.45) is 10.1 Å². The van der Waals surface area contributed by atoms with E-state index < -0.39 is 0 Å². The number of nitrogens with zero attached hydrogens (tertiary/aromatic N) is 3. The van der Waals surface area contributed by atoms with Gasteiger partial charge in [-0.3, -0.25) is 10.0 Å². The van der Waals surface area contributed by atoms with Crippen molar-refractivity contribution in [1.82, 2.24) is 5.01 Å². The van der Waals surface area contributed by atoms with Crippen LogP contribution in [0.25, 0.3) is 0 Å². The van der Waals surface area contributed by atoms with E-state index in [2.05, 4.69) is 16.7 Å². The first-order valence-corrected chi connectivity index (χ1v) is 3.19. The summed E-state index contributed by atoms with van der Waals surface area (Å²) in [6, 6.07) is 0. The van der Waals surface area contributed by atoms with E-state index in [9.17, 15) is 0 Å². The Labute approximate surface area is 61.8 Å². The summed E-state index contributed by atoms with van der Waals surface area (Å²) in [6.45, 7) is 6.41. The molecule has 0 saturated carbocycles. The van der Waals surface area contributed by atoms with Crippen LogP contribution in [0.4, 0.5) is 0 Å². The van der Waals surface area contributed by atoms with Crippen molar-refractivity contribution in [3.05, 3.63) is 12.8 Å². The minimum absolute atomic E-state index is 0.831. The van der Waals surface area contributed by atoms with Crippen molar-refractivity contribution in [2.75, 3.05) is 13.6 Å². The lowest BCUT2D eigenvalue weighted by atomic mass is 10.7. The van der Waals surface area contributed by atoms with Crippen LogP contribution in [0.1, 0.15) is 6.92 Å². The summed E-state index contributed by atoms with van der Waals surface area (Å²) in [5.74, 6) is 0. The maximum absolute atomic E-state index is 3.99. The van der Waals surface area contributed by atoms with Gasteiger partial charge >= 0.3 is 0 Å². The highest BCUT2D eigenvalue weighted by Gasteiger charge is 1.83. The largest absolute Gasteiger partial charge is 0.295 e. The fraction of sp³-hybridized carbons (Fsp3) is 0.429. The van der Waals surface area contributed by atoms with Gasteiger partial charge in [0, 0.05) is 26.0 Å². The van der Waals surface area contributed by atoms with E-state index in [0.717, 1.165) is 6.54 Å². The van der Waals surface area contributed by atoms with Crippen LogP contribution in [-0.2, 0) is 0 Å². The first-order valence-electron chi connectivity index (χ1n) is 3.19. The molecule has 0 aliphatic heterocycles. The van der Waals surface area contributed by atoms with Gasteiger partial charge in [-0.05, 0) is 6.92 Å². The Morgan fingerprint density at radius 3 is 2.60 bits per heavy atom. The number of hydrogen-bond acceptors (Lipinski definition) is 3. The summed E-state index contributed by atoms with van der Waals surface area (Å²) >= 11 is 0. The van der Waals surface area contributed by atoms with E-state index in [-0.39, 0.29) is 0 Å². The van der Waals surface area contributed by atoms with Gasteiger partial charge in [-0.1, -0.05) is 6.58 Å². The zero-order valence-corrected chi connectivity index (χ0v) is 6.49. The van der Waals surface area contributed by atoms with Crippen LogP contribution in [0.3, 0.4) is 0 Å². The molecule has 0 aromatic carbocycles. The van der Waals surface area contributed by atoms with Crippen molar-refractivity contribution < 1.29 is 0 Å². The second-order valence-electron chi connectivity index (χ2n) is 1.61. The Morgan fingerprint density at radius 2 is 2.20 bits per heavy atom. The normalized spacial score (nSPS) is 11.0. The third-order valence-electron chi connectivity index (χ3n) is 0.965.